The number of ether oxygens (including phenoxy) is 1. The van der Waals surface area contributed by atoms with E-state index in [1.54, 1.807) is 6.07 Å². The highest BCUT2D eigenvalue weighted by molar-refractivity contribution is 7.99. The van der Waals surface area contributed by atoms with Crippen LogP contribution in [0.25, 0.3) is 0 Å². The third-order valence-electron chi connectivity index (χ3n) is 2.39. The fourth-order valence-corrected chi connectivity index (χ4v) is 2.76. The third-order valence-corrected chi connectivity index (χ3v) is 3.83. The summed E-state index contributed by atoms with van der Waals surface area (Å²) in [5.74, 6) is 0.717. The van der Waals surface area contributed by atoms with Crippen molar-refractivity contribution in [1.29, 1.82) is 0 Å². The second-order valence-electron chi connectivity index (χ2n) is 3.71. The Kier molecular flexibility index (Phi) is 4.11. The molecule has 1 saturated heterocycles. The van der Waals surface area contributed by atoms with Gasteiger partial charge in [0.1, 0.15) is 18.0 Å². The van der Waals surface area contributed by atoms with Gasteiger partial charge < -0.3 is 20.1 Å². The number of aliphatic hydroxyl groups excluding tert-OH is 3. The minimum atomic E-state index is -1.20. The van der Waals surface area contributed by atoms with E-state index in [-0.39, 0.29) is 0 Å². The molecule has 3 N–H and O–H groups in total. The van der Waals surface area contributed by atoms with E-state index >= 15 is 0 Å². The molecule has 5 nitrogen and oxygen atoms in total. The van der Waals surface area contributed by atoms with E-state index in [4.69, 9.17) is 16.3 Å². The largest absolute Gasteiger partial charge is 0.475 e. The molecule has 0 unspecified atom stereocenters. The summed E-state index contributed by atoms with van der Waals surface area (Å²) in [4.78, 5) is 3.85. The van der Waals surface area contributed by atoms with Crippen molar-refractivity contribution in [2.45, 2.75) is 23.7 Å². The molecular formula is C10H12ClNO4S. The van der Waals surface area contributed by atoms with Gasteiger partial charge >= 0.3 is 0 Å². The van der Waals surface area contributed by atoms with Gasteiger partial charge in [-0.3, -0.25) is 4.98 Å². The molecule has 0 radical (unpaired) electrons. The number of thioether (sulfide) groups is 1. The molecule has 2 heterocycles. The molecule has 17 heavy (non-hydrogen) atoms. The Bertz CT molecular complexity index is 394. The summed E-state index contributed by atoms with van der Waals surface area (Å²) in [7, 11) is 0. The van der Waals surface area contributed by atoms with Gasteiger partial charge in [-0.1, -0.05) is 11.6 Å². The first kappa shape index (κ1) is 12.9. The molecule has 2 rings (SSSR count). The summed E-state index contributed by atoms with van der Waals surface area (Å²) in [5.41, 5.74) is -0.645. The fourth-order valence-electron chi connectivity index (χ4n) is 1.47. The molecule has 1 aliphatic rings. The first-order valence-corrected chi connectivity index (χ1v) is 6.43. The standard InChI is InChI=1S/C10H12ClNO4S/c11-5-1-6(3-12-2-5)16-10-9(15)8(14)7(13)4-17-10/h1-3,7-10,13-15H,4H2/t7-,8+,9-,10-/m1/s1. The molecule has 1 aromatic rings. The topological polar surface area (TPSA) is 82.8 Å². The zero-order valence-electron chi connectivity index (χ0n) is 8.73. The predicted molar refractivity (Wildman–Crippen MR) is 64.1 cm³/mol. The number of pyridine rings is 1. The fraction of sp³-hybridized carbons (Fsp3) is 0.500. The van der Waals surface area contributed by atoms with E-state index in [2.05, 4.69) is 4.98 Å². The Balaban J connectivity index is 2.04. The maximum Gasteiger partial charge on any atom is 0.173 e. The van der Waals surface area contributed by atoms with Crippen LogP contribution in [-0.2, 0) is 0 Å². The number of hydrogen-bond donors (Lipinski definition) is 3. The van der Waals surface area contributed by atoms with Crippen molar-refractivity contribution in [1.82, 2.24) is 4.98 Å². The van der Waals surface area contributed by atoms with Gasteiger partial charge in [-0.2, -0.15) is 0 Å². The molecule has 94 valence electrons. The average molecular weight is 278 g/mol. The van der Waals surface area contributed by atoms with Crippen LogP contribution >= 0.6 is 23.4 Å². The second-order valence-corrected chi connectivity index (χ2v) is 5.27. The maximum atomic E-state index is 9.73. The summed E-state index contributed by atoms with van der Waals surface area (Å²) in [6.07, 6.45) is -0.350. The van der Waals surface area contributed by atoms with E-state index in [1.807, 2.05) is 0 Å². The Labute approximate surface area is 107 Å². The molecule has 0 aromatic carbocycles. The van der Waals surface area contributed by atoms with Crippen LogP contribution in [0.4, 0.5) is 0 Å². The molecule has 7 heteroatoms. The summed E-state index contributed by atoms with van der Waals surface area (Å²) < 4.78 is 5.46. The maximum absolute atomic E-state index is 9.73. The van der Waals surface area contributed by atoms with Gasteiger partial charge in [0.15, 0.2) is 5.44 Å². The monoisotopic (exact) mass is 277 g/mol. The van der Waals surface area contributed by atoms with Gasteiger partial charge in [0, 0.05) is 18.0 Å². The number of hydrogen-bond acceptors (Lipinski definition) is 6. The normalized spacial score (nSPS) is 33.4. The van der Waals surface area contributed by atoms with Gasteiger partial charge in [0.25, 0.3) is 0 Å². The summed E-state index contributed by atoms with van der Waals surface area (Å²) in [5, 5.41) is 29.0. The number of nitrogens with zero attached hydrogens (tertiary/aromatic N) is 1. The summed E-state index contributed by atoms with van der Waals surface area (Å²) in [6.45, 7) is 0. The zero-order valence-corrected chi connectivity index (χ0v) is 10.3. The van der Waals surface area contributed by atoms with Crippen molar-refractivity contribution in [3.8, 4) is 5.75 Å². The van der Waals surface area contributed by atoms with Crippen LogP contribution in [0, 0.1) is 0 Å². The van der Waals surface area contributed by atoms with E-state index in [9.17, 15) is 15.3 Å². The molecule has 0 saturated carbocycles. The molecule has 0 amide bonds. The quantitative estimate of drug-likeness (QED) is 0.720. The molecular weight excluding hydrogens is 266 g/mol. The number of aromatic nitrogens is 1. The molecule has 1 aromatic heterocycles. The molecule has 4 atom stereocenters. The Hall–Kier alpha value is -0.530. The molecule has 0 aliphatic carbocycles. The van der Waals surface area contributed by atoms with Gasteiger partial charge in [0.2, 0.25) is 0 Å². The van der Waals surface area contributed by atoms with Gasteiger partial charge in [-0.25, -0.2) is 0 Å². The Morgan fingerprint density at radius 1 is 1.29 bits per heavy atom. The van der Waals surface area contributed by atoms with Gasteiger partial charge in [0.05, 0.1) is 17.3 Å². The molecule has 0 spiro atoms. The highest BCUT2D eigenvalue weighted by Crippen LogP contribution is 2.29. The van der Waals surface area contributed by atoms with E-state index in [0.29, 0.717) is 16.5 Å². The van der Waals surface area contributed by atoms with Crippen molar-refractivity contribution in [3.63, 3.8) is 0 Å². The Morgan fingerprint density at radius 2 is 2.06 bits per heavy atom. The predicted octanol–water partition coefficient (Wildman–Crippen LogP) is 0.269. The molecule has 1 aliphatic heterocycles. The lowest BCUT2D eigenvalue weighted by molar-refractivity contribution is -0.0786. The van der Waals surface area contributed by atoms with Crippen LogP contribution in [0.1, 0.15) is 0 Å². The van der Waals surface area contributed by atoms with Crippen molar-refractivity contribution in [2.24, 2.45) is 0 Å². The highest BCUT2D eigenvalue weighted by Gasteiger charge is 2.38. The van der Waals surface area contributed by atoms with Crippen LogP contribution in [-0.4, -0.2) is 49.8 Å². The summed E-state index contributed by atoms with van der Waals surface area (Å²) >= 11 is 6.98. The van der Waals surface area contributed by atoms with Crippen LogP contribution in [0.2, 0.25) is 5.02 Å². The molecule has 1 fully saturated rings. The average Bonchev–Trinajstić information content (AvgIpc) is 2.30. The first-order valence-electron chi connectivity index (χ1n) is 5.01. The van der Waals surface area contributed by atoms with Gasteiger partial charge in [-0.15, -0.1) is 11.8 Å². The first-order chi connectivity index (χ1) is 8.08. The third kappa shape index (κ3) is 3.02. The zero-order chi connectivity index (χ0) is 12.4. The smallest absolute Gasteiger partial charge is 0.173 e. The molecule has 0 bridgehead atoms. The summed E-state index contributed by atoms with van der Waals surface area (Å²) in [6, 6.07) is 1.57. The van der Waals surface area contributed by atoms with Crippen LogP contribution < -0.4 is 4.74 Å². The van der Waals surface area contributed by atoms with Crippen LogP contribution in [0.15, 0.2) is 18.5 Å². The van der Waals surface area contributed by atoms with Gasteiger partial charge in [-0.05, 0) is 0 Å². The van der Waals surface area contributed by atoms with E-state index in [1.165, 1.54) is 24.2 Å². The number of rotatable bonds is 2. The van der Waals surface area contributed by atoms with E-state index in [0.717, 1.165) is 0 Å². The van der Waals surface area contributed by atoms with Crippen LogP contribution in [0.5, 0.6) is 5.75 Å². The SMILES string of the molecule is O[C@@H]1[C@@H](O)[C@H](Oc2cncc(Cl)c2)SC[C@H]1O. The number of aliphatic hydroxyl groups is 3. The second kappa shape index (κ2) is 5.41. The van der Waals surface area contributed by atoms with Crippen molar-refractivity contribution < 1.29 is 20.1 Å². The van der Waals surface area contributed by atoms with Crippen molar-refractivity contribution >= 4 is 23.4 Å². The lowest BCUT2D eigenvalue weighted by atomic mass is 10.1. The Morgan fingerprint density at radius 3 is 2.76 bits per heavy atom. The number of halogens is 1. The highest BCUT2D eigenvalue weighted by atomic mass is 35.5. The van der Waals surface area contributed by atoms with Crippen LogP contribution in [0.3, 0.4) is 0 Å². The van der Waals surface area contributed by atoms with E-state index < -0.39 is 23.7 Å². The van der Waals surface area contributed by atoms with Crippen molar-refractivity contribution in [2.75, 3.05) is 5.75 Å². The minimum Gasteiger partial charge on any atom is -0.475 e. The van der Waals surface area contributed by atoms with Crippen molar-refractivity contribution in [3.05, 3.63) is 23.5 Å². The lowest BCUT2D eigenvalue weighted by Crippen LogP contribution is -2.50. The lowest BCUT2D eigenvalue weighted by Gasteiger charge is -2.34. The minimum absolute atomic E-state index is 0.302.